The van der Waals surface area contributed by atoms with Crippen LogP contribution in [0.1, 0.15) is 24.1 Å². The second-order valence-electron chi connectivity index (χ2n) is 4.61. The van der Waals surface area contributed by atoms with Gasteiger partial charge in [0.1, 0.15) is 5.25 Å². The van der Waals surface area contributed by atoms with Gasteiger partial charge < -0.3 is 0 Å². The maximum Gasteiger partial charge on any atom is 0.218 e. The van der Waals surface area contributed by atoms with Gasteiger partial charge >= 0.3 is 0 Å². The number of sulfonamides is 1. The van der Waals surface area contributed by atoms with Gasteiger partial charge in [-0.15, -0.1) is 0 Å². The molecule has 0 radical (unpaired) electrons. The molecule has 0 spiro atoms. The molecule has 0 aromatic heterocycles. The summed E-state index contributed by atoms with van der Waals surface area (Å²) in [5.74, 6) is 0. The molecule has 2 atom stereocenters. The summed E-state index contributed by atoms with van der Waals surface area (Å²) in [7, 11) is -1.76. The second kappa shape index (κ2) is 5.89. The van der Waals surface area contributed by atoms with Crippen LogP contribution in [0, 0.1) is 11.3 Å². The van der Waals surface area contributed by atoms with Gasteiger partial charge in [-0.25, -0.2) is 13.1 Å². The molecule has 1 aromatic rings. The van der Waals surface area contributed by atoms with Crippen molar-refractivity contribution < 1.29 is 13.3 Å². The lowest BCUT2D eigenvalue weighted by molar-refractivity contribution is -0.110. The lowest BCUT2D eigenvalue weighted by Crippen LogP contribution is -2.39. The molecule has 0 saturated carbocycles. The van der Waals surface area contributed by atoms with Crippen molar-refractivity contribution in [1.29, 1.82) is 5.26 Å². The van der Waals surface area contributed by atoms with Gasteiger partial charge in [0, 0.05) is 13.6 Å². The first-order chi connectivity index (χ1) is 9.49. The van der Waals surface area contributed by atoms with E-state index in [4.69, 9.17) is 10.1 Å². The second-order valence-corrected chi connectivity index (χ2v) is 6.59. The molecule has 6 nitrogen and oxygen atoms in total. The van der Waals surface area contributed by atoms with Crippen LogP contribution < -0.4 is 4.72 Å². The van der Waals surface area contributed by atoms with Crippen LogP contribution >= 0.6 is 0 Å². The van der Waals surface area contributed by atoms with E-state index in [1.54, 1.807) is 32.2 Å². The van der Waals surface area contributed by atoms with Crippen molar-refractivity contribution in [3.63, 3.8) is 0 Å². The first kappa shape index (κ1) is 14.9. The van der Waals surface area contributed by atoms with Crippen molar-refractivity contribution in [1.82, 2.24) is 9.79 Å². The van der Waals surface area contributed by atoms with Gasteiger partial charge in [-0.05, 0) is 17.7 Å². The van der Waals surface area contributed by atoms with E-state index < -0.39 is 21.3 Å². The molecule has 1 aliphatic heterocycles. The minimum atomic E-state index is -3.46. The summed E-state index contributed by atoms with van der Waals surface area (Å²) >= 11 is 0. The fourth-order valence-corrected chi connectivity index (χ4v) is 3.91. The van der Waals surface area contributed by atoms with E-state index in [1.807, 2.05) is 6.07 Å². The first-order valence-corrected chi connectivity index (χ1v) is 7.88. The van der Waals surface area contributed by atoms with E-state index in [0.717, 1.165) is 5.56 Å². The molecule has 1 aliphatic rings. The smallest absolute Gasteiger partial charge is 0.218 e. The highest BCUT2D eigenvalue weighted by molar-refractivity contribution is 7.90. The molecule has 1 N–H and O–H groups in total. The van der Waals surface area contributed by atoms with E-state index in [1.165, 1.54) is 5.06 Å². The maximum absolute atomic E-state index is 12.2. The third kappa shape index (κ3) is 2.83. The quantitative estimate of drug-likeness (QED) is 0.888. The van der Waals surface area contributed by atoms with Crippen LogP contribution in [-0.4, -0.2) is 38.9 Å². The fraction of sp³-hybridized carbons (Fsp3) is 0.462. The fourth-order valence-electron chi connectivity index (χ4n) is 2.38. The summed E-state index contributed by atoms with van der Waals surface area (Å²) in [4.78, 5) is 5.37. The highest BCUT2D eigenvalue weighted by atomic mass is 32.2. The average molecular weight is 295 g/mol. The Hall–Kier alpha value is -1.46. The summed E-state index contributed by atoms with van der Waals surface area (Å²) in [6, 6.07) is 8.58. The van der Waals surface area contributed by atoms with Crippen LogP contribution in [0.4, 0.5) is 0 Å². The van der Waals surface area contributed by atoms with Crippen LogP contribution in [0.5, 0.6) is 0 Å². The number of benzene rings is 1. The monoisotopic (exact) mass is 295 g/mol. The van der Waals surface area contributed by atoms with Gasteiger partial charge in [-0.1, -0.05) is 19.1 Å². The molecule has 1 saturated heterocycles. The first-order valence-electron chi connectivity index (χ1n) is 6.34. The van der Waals surface area contributed by atoms with Gasteiger partial charge in [0.15, 0.2) is 0 Å². The number of nitrogens with zero attached hydrogens (tertiary/aromatic N) is 2. The molecule has 0 amide bonds. The SMILES string of the molecule is CCNS(=O)(=O)C1CON(C)C1c1cccc(C#N)c1. The number of nitriles is 1. The van der Waals surface area contributed by atoms with Crippen molar-refractivity contribution in [3.05, 3.63) is 35.4 Å². The third-order valence-electron chi connectivity index (χ3n) is 3.29. The Balaban J connectivity index is 2.38. The van der Waals surface area contributed by atoms with Gasteiger partial charge in [-0.3, -0.25) is 4.84 Å². The number of hydroxylamine groups is 2. The van der Waals surface area contributed by atoms with Crippen molar-refractivity contribution in [3.8, 4) is 6.07 Å². The molecule has 0 aliphatic carbocycles. The van der Waals surface area contributed by atoms with Gasteiger partial charge in [-0.2, -0.15) is 10.3 Å². The Labute approximate surface area is 119 Å². The van der Waals surface area contributed by atoms with Crippen molar-refractivity contribution in [2.24, 2.45) is 0 Å². The Morgan fingerprint density at radius 3 is 2.95 bits per heavy atom. The predicted molar refractivity (Wildman–Crippen MR) is 74.0 cm³/mol. The summed E-state index contributed by atoms with van der Waals surface area (Å²) in [5, 5.41) is 9.80. The van der Waals surface area contributed by atoms with Gasteiger partial charge in [0.25, 0.3) is 0 Å². The molecule has 2 unspecified atom stereocenters. The van der Waals surface area contributed by atoms with Crippen LogP contribution in [0.2, 0.25) is 0 Å². The molecule has 7 heteroatoms. The van der Waals surface area contributed by atoms with Gasteiger partial charge in [0.05, 0.1) is 24.3 Å². The average Bonchev–Trinajstić information content (AvgIpc) is 2.81. The van der Waals surface area contributed by atoms with Crippen LogP contribution in [0.15, 0.2) is 24.3 Å². The minimum Gasteiger partial charge on any atom is -0.297 e. The van der Waals surface area contributed by atoms with Crippen molar-refractivity contribution in [2.75, 3.05) is 20.2 Å². The third-order valence-corrected chi connectivity index (χ3v) is 5.17. The van der Waals surface area contributed by atoms with Crippen molar-refractivity contribution >= 4 is 10.0 Å². The Morgan fingerprint density at radius 1 is 1.55 bits per heavy atom. The van der Waals surface area contributed by atoms with Crippen LogP contribution in [0.25, 0.3) is 0 Å². The van der Waals surface area contributed by atoms with Crippen LogP contribution in [-0.2, 0) is 14.9 Å². The summed E-state index contributed by atoms with van der Waals surface area (Å²) in [6.07, 6.45) is 0. The zero-order valence-corrected chi connectivity index (χ0v) is 12.2. The number of hydrogen-bond donors (Lipinski definition) is 1. The molecular formula is C13H17N3O3S. The van der Waals surface area contributed by atoms with Gasteiger partial charge in [0.2, 0.25) is 10.0 Å². The summed E-state index contributed by atoms with van der Waals surface area (Å²) < 4.78 is 27.0. The Morgan fingerprint density at radius 2 is 2.30 bits per heavy atom. The number of rotatable bonds is 4. The van der Waals surface area contributed by atoms with Crippen LogP contribution in [0.3, 0.4) is 0 Å². The van der Waals surface area contributed by atoms with E-state index in [9.17, 15) is 8.42 Å². The molecule has 1 fully saturated rings. The molecule has 0 bridgehead atoms. The lowest BCUT2D eigenvalue weighted by Gasteiger charge is -2.23. The summed E-state index contributed by atoms with van der Waals surface area (Å²) in [6.45, 7) is 2.18. The highest BCUT2D eigenvalue weighted by Crippen LogP contribution is 2.33. The molecule has 1 aromatic carbocycles. The summed E-state index contributed by atoms with van der Waals surface area (Å²) in [5.41, 5.74) is 1.26. The largest absolute Gasteiger partial charge is 0.297 e. The molecule has 1 heterocycles. The van der Waals surface area contributed by atoms with E-state index in [0.29, 0.717) is 12.1 Å². The normalized spacial score (nSPS) is 23.6. The Kier molecular flexibility index (Phi) is 4.40. The maximum atomic E-state index is 12.2. The highest BCUT2D eigenvalue weighted by Gasteiger charge is 2.42. The predicted octanol–water partition coefficient (Wildman–Crippen LogP) is 0.784. The van der Waals surface area contributed by atoms with E-state index in [-0.39, 0.29) is 6.61 Å². The lowest BCUT2D eigenvalue weighted by atomic mass is 10.0. The number of nitrogens with one attached hydrogen (secondary N) is 1. The minimum absolute atomic E-state index is 0.104. The molecule has 108 valence electrons. The van der Waals surface area contributed by atoms with E-state index in [2.05, 4.69) is 10.8 Å². The molecular weight excluding hydrogens is 278 g/mol. The zero-order valence-electron chi connectivity index (χ0n) is 11.4. The zero-order chi connectivity index (χ0) is 14.8. The van der Waals surface area contributed by atoms with Crippen molar-refractivity contribution in [2.45, 2.75) is 18.2 Å². The number of hydrogen-bond acceptors (Lipinski definition) is 5. The Bertz CT molecular complexity index is 624. The van der Waals surface area contributed by atoms with E-state index >= 15 is 0 Å². The molecule has 2 rings (SSSR count). The topological polar surface area (TPSA) is 82.4 Å². The standard InChI is InChI=1S/C13H17N3O3S/c1-3-15-20(17,18)12-9-19-16(2)13(12)11-6-4-5-10(7-11)8-14/h4-7,12-13,15H,3,9H2,1-2H3. The molecule has 20 heavy (non-hydrogen) atoms.